The summed E-state index contributed by atoms with van der Waals surface area (Å²) in [5.74, 6) is 1.85. The lowest BCUT2D eigenvalue weighted by molar-refractivity contribution is 0.0954. The number of hydrogen-bond acceptors (Lipinski definition) is 5. The molecule has 134 valence electrons. The van der Waals surface area contributed by atoms with Crippen LogP contribution in [0.4, 0.5) is 0 Å². The Morgan fingerprint density at radius 2 is 2.19 bits per heavy atom. The lowest BCUT2D eigenvalue weighted by atomic mass is 10.1. The fourth-order valence-corrected chi connectivity index (χ4v) is 3.16. The molecule has 0 spiro atoms. The van der Waals surface area contributed by atoms with Crippen molar-refractivity contribution in [2.45, 2.75) is 19.4 Å². The number of rotatable bonds is 5. The van der Waals surface area contributed by atoms with Crippen LogP contribution < -0.4 is 10.6 Å². The lowest BCUT2D eigenvalue weighted by Crippen LogP contribution is -2.27. The number of aromatic amines is 1. The van der Waals surface area contributed by atoms with Crippen molar-refractivity contribution in [2.24, 2.45) is 0 Å². The second-order valence-electron chi connectivity index (χ2n) is 6.26. The molecule has 3 N–H and O–H groups in total. The summed E-state index contributed by atoms with van der Waals surface area (Å²) in [6, 6.07) is 7.52. The molecule has 0 saturated heterocycles. The van der Waals surface area contributed by atoms with Gasteiger partial charge in [-0.2, -0.15) is 5.10 Å². The summed E-state index contributed by atoms with van der Waals surface area (Å²) >= 11 is 0. The molecule has 0 aliphatic carbocycles. The first kappa shape index (κ1) is 16.5. The number of benzene rings is 1. The van der Waals surface area contributed by atoms with Crippen LogP contribution in [-0.2, 0) is 19.4 Å². The van der Waals surface area contributed by atoms with Gasteiger partial charge in [0.25, 0.3) is 5.91 Å². The van der Waals surface area contributed by atoms with Gasteiger partial charge in [-0.15, -0.1) is 10.2 Å². The van der Waals surface area contributed by atoms with Crippen LogP contribution in [0.25, 0.3) is 11.1 Å². The van der Waals surface area contributed by atoms with Crippen molar-refractivity contribution >= 4 is 5.91 Å². The first-order valence-electron chi connectivity index (χ1n) is 8.80. The maximum absolute atomic E-state index is 12.5. The average Bonchev–Trinajstić information content (AvgIpc) is 3.27. The molecule has 2 aromatic heterocycles. The highest BCUT2D eigenvalue weighted by Gasteiger charge is 2.14. The minimum absolute atomic E-state index is 0.0902. The van der Waals surface area contributed by atoms with E-state index in [0.29, 0.717) is 18.5 Å². The molecule has 1 aliphatic heterocycles. The molecule has 4 rings (SSSR count). The predicted octanol–water partition coefficient (Wildman–Crippen LogP) is 0.786. The summed E-state index contributed by atoms with van der Waals surface area (Å²) < 4.78 is 2.16. The van der Waals surface area contributed by atoms with Gasteiger partial charge in [-0.25, -0.2) is 0 Å². The average molecular weight is 351 g/mol. The van der Waals surface area contributed by atoms with E-state index in [1.54, 1.807) is 6.20 Å². The first-order valence-corrected chi connectivity index (χ1v) is 8.80. The maximum Gasteiger partial charge on any atom is 0.251 e. The van der Waals surface area contributed by atoms with Crippen LogP contribution in [0.1, 0.15) is 22.0 Å². The number of hydrogen-bond donors (Lipinski definition) is 3. The van der Waals surface area contributed by atoms with Gasteiger partial charge in [0.1, 0.15) is 11.6 Å². The summed E-state index contributed by atoms with van der Waals surface area (Å²) in [7, 11) is 0. The van der Waals surface area contributed by atoms with Crippen LogP contribution >= 0.6 is 0 Å². The number of aromatic nitrogens is 5. The Kier molecular flexibility index (Phi) is 4.74. The van der Waals surface area contributed by atoms with Crippen molar-refractivity contribution in [1.29, 1.82) is 0 Å². The molecule has 3 heterocycles. The molecule has 0 saturated carbocycles. The van der Waals surface area contributed by atoms with Crippen LogP contribution in [0, 0.1) is 0 Å². The molecule has 26 heavy (non-hydrogen) atoms. The van der Waals surface area contributed by atoms with Crippen LogP contribution in [-0.4, -0.2) is 50.5 Å². The summed E-state index contributed by atoms with van der Waals surface area (Å²) in [5, 5.41) is 21.6. The molecule has 0 radical (unpaired) electrons. The van der Waals surface area contributed by atoms with Crippen molar-refractivity contribution in [1.82, 2.24) is 35.6 Å². The molecular weight excluding hydrogens is 330 g/mol. The van der Waals surface area contributed by atoms with E-state index in [4.69, 9.17) is 0 Å². The summed E-state index contributed by atoms with van der Waals surface area (Å²) in [6.45, 7) is 3.26. The van der Waals surface area contributed by atoms with Crippen LogP contribution in [0.2, 0.25) is 0 Å². The van der Waals surface area contributed by atoms with Crippen LogP contribution in [0.3, 0.4) is 0 Å². The van der Waals surface area contributed by atoms with Gasteiger partial charge in [0, 0.05) is 56.3 Å². The van der Waals surface area contributed by atoms with Gasteiger partial charge in [-0.1, -0.05) is 12.1 Å². The van der Waals surface area contributed by atoms with Gasteiger partial charge in [0.05, 0.1) is 6.20 Å². The van der Waals surface area contributed by atoms with E-state index >= 15 is 0 Å². The molecule has 0 bridgehead atoms. The summed E-state index contributed by atoms with van der Waals surface area (Å²) in [5.41, 5.74) is 2.55. The van der Waals surface area contributed by atoms with Gasteiger partial charge in [-0.05, 0) is 17.7 Å². The van der Waals surface area contributed by atoms with Crippen molar-refractivity contribution in [3.63, 3.8) is 0 Å². The third-order valence-corrected chi connectivity index (χ3v) is 4.53. The Morgan fingerprint density at radius 1 is 1.23 bits per heavy atom. The van der Waals surface area contributed by atoms with Gasteiger partial charge in [-0.3, -0.25) is 9.89 Å². The van der Waals surface area contributed by atoms with E-state index in [0.717, 1.165) is 48.8 Å². The Hall–Kier alpha value is -3.00. The molecule has 1 aromatic carbocycles. The largest absolute Gasteiger partial charge is 0.352 e. The minimum Gasteiger partial charge on any atom is -0.352 e. The molecule has 3 aromatic rings. The Morgan fingerprint density at radius 3 is 3.08 bits per heavy atom. The van der Waals surface area contributed by atoms with Crippen LogP contribution in [0.5, 0.6) is 0 Å². The second kappa shape index (κ2) is 7.49. The molecule has 1 amide bonds. The zero-order chi connectivity index (χ0) is 17.8. The van der Waals surface area contributed by atoms with E-state index in [-0.39, 0.29) is 5.91 Å². The number of nitrogens with one attached hydrogen (secondary N) is 3. The van der Waals surface area contributed by atoms with Crippen molar-refractivity contribution in [2.75, 3.05) is 19.6 Å². The van der Waals surface area contributed by atoms with E-state index in [1.165, 1.54) is 0 Å². The topological polar surface area (TPSA) is 101 Å². The third kappa shape index (κ3) is 3.50. The van der Waals surface area contributed by atoms with Crippen LogP contribution in [0.15, 0.2) is 36.7 Å². The van der Waals surface area contributed by atoms with E-state index in [2.05, 4.69) is 35.6 Å². The minimum atomic E-state index is -0.0902. The molecule has 0 unspecified atom stereocenters. The number of carbonyl (C=O) groups is 1. The second-order valence-corrected chi connectivity index (χ2v) is 6.26. The van der Waals surface area contributed by atoms with Gasteiger partial charge in [0.15, 0.2) is 0 Å². The Balaban J connectivity index is 1.38. The Labute approximate surface area is 151 Å². The van der Waals surface area contributed by atoms with Crippen molar-refractivity contribution in [3.8, 4) is 11.1 Å². The van der Waals surface area contributed by atoms with E-state index in [9.17, 15) is 4.79 Å². The predicted molar refractivity (Wildman–Crippen MR) is 96.7 cm³/mol. The number of fused-ring (bicyclic) bond motifs is 1. The number of amides is 1. The summed E-state index contributed by atoms with van der Waals surface area (Å²) in [4.78, 5) is 12.5. The monoisotopic (exact) mass is 351 g/mol. The fraction of sp³-hybridized carbons (Fsp3) is 0.333. The lowest BCUT2D eigenvalue weighted by Gasteiger charge is -2.08. The number of H-pyrrole nitrogens is 1. The highest BCUT2D eigenvalue weighted by Crippen LogP contribution is 2.18. The van der Waals surface area contributed by atoms with Gasteiger partial charge < -0.3 is 15.2 Å². The third-order valence-electron chi connectivity index (χ3n) is 4.53. The highest BCUT2D eigenvalue weighted by molar-refractivity contribution is 5.95. The highest BCUT2D eigenvalue weighted by atomic mass is 16.1. The molecule has 0 fully saturated rings. The standard InChI is InChI=1S/C18H21N7O/c26-18(14-3-1-2-13(10-14)15-11-21-22-12-15)20-7-5-17-24-23-16-4-6-19-8-9-25(16)17/h1-3,10-12,19H,4-9H2,(H,20,26)(H,21,22). The molecule has 1 aliphatic rings. The molecular formula is C18H21N7O. The SMILES string of the molecule is O=C(NCCc1nnc2n1CCNCC2)c1cccc(-c2cn[nH]c2)c1. The number of nitrogens with zero attached hydrogens (tertiary/aromatic N) is 4. The fourth-order valence-electron chi connectivity index (χ4n) is 3.16. The van der Waals surface area contributed by atoms with Gasteiger partial charge >= 0.3 is 0 Å². The number of carbonyl (C=O) groups excluding carboxylic acids is 1. The zero-order valence-electron chi connectivity index (χ0n) is 14.4. The quantitative estimate of drug-likeness (QED) is 0.631. The normalized spacial score (nSPS) is 13.8. The first-order chi connectivity index (χ1) is 12.8. The van der Waals surface area contributed by atoms with E-state index in [1.807, 2.05) is 30.5 Å². The zero-order valence-corrected chi connectivity index (χ0v) is 14.4. The smallest absolute Gasteiger partial charge is 0.251 e. The maximum atomic E-state index is 12.5. The molecule has 8 heteroatoms. The van der Waals surface area contributed by atoms with Crippen molar-refractivity contribution < 1.29 is 4.79 Å². The van der Waals surface area contributed by atoms with Gasteiger partial charge in [0.2, 0.25) is 0 Å². The molecule has 0 atom stereocenters. The van der Waals surface area contributed by atoms with Crippen molar-refractivity contribution in [3.05, 3.63) is 53.9 Å². The molecule has 8 nitrogen and oxygen atoms in total. The Bertz CT molecular complexity index is 885. The summed E-state index contributed by atoms with van der Waals surface area (Å²) in [6.07, 6.45) is 5.10. The van der Waals surface area contributed by atoms with E-state index < -0.39 is 0 Å².